The Hall–Kier alpha value is -1.29. The van der Waals surface area contributed by atoms with Gasteiger partial charge in [-0.1, -0.05) is 12.5 Å². The molecule has 0 heterocycles. The number of ketones is 3. The van der Waals surface area contributed by atoms with Gasteiger partial charge in [0.25, 0.3) is 0 Å². The quantitative estimate of drug-likeness (QED) is 0.720. The third kappa shape index (κ3) is 4.02. The maximum absolute atomic E-state index is 12.5. The first-order chi connectivity index (χ1) is 11.0. The van der Waals surface area contributed by atoms with Crippen molar-refractivity contribution in [2.24, 2.45) is 17.8 Å². The summed E-state index contributed by atoms with van der Waals surface area (Å²) in [6, 6.07) is 0. The van der Waals surface area contributed by atoms with Gasteiger partial charge in [0.2, 0.25) is 0 Å². The van der Waals surface area contributed by atoms with Crippen LogP contribution >= 0.6 is 0 Å². The van der Waals surface area contributed by atoms with E-state index in [0.717, 1.165) is 24.0 Å². The Bertz CT molecular complexity index is 565. The molecule has 0 spiro atoms. The molecule has 4 nitrogen and oxygen atoms in total. The number of allylic oxidation sites excluding steroid dienone is 1. The Morgan fingerprint density at radius 2 is 1.79 bits per heavy atom. The van der Waals surface area contributed by atoms with E-state index in [2.05, 4.69) is 27.7 Å². The average molecular weight is 334 g/mol. The lowest BCUT2D eigenvalue weighted by Gasteiger charge is -2.33. The molecule has 24 heavy (non-hydrogen) atoms. The molecule has 2 rings (SSSR count). The van der Waals surface area contributed by atoms with Crippen molar-refractivity contribution >= 4 is 17.3 Å². The van der Waals surface area contributed by atoms with Crippen LogP contribution in [0.2, 0.25) is 0 Å². The molecule has 0 aromatic heterocycles. The van der Waals surface area contributed by atoms with Crippen molar-refractivity contribution in [3.05, 3.63) is 11.1 Å². The number of hydrogen-bond acceptors (Lipinski definition) is 4. The van der Waals surface area contributed by atoms with E-state index in [1.165, 1.54) is 13.8 Å². The average Bonchev–Trinajstić information content (AvgIpc) is 2.71. The van der Waals surface area contributed by atoms with Gasteiger partial charge in [0, 0.05) is 12.3 Å². The summed E-state index contributed by atoms with van der Waals surface area (Å²) in [5.41, 5.74) is 1.64. The molecular formula is C20H30O4. The number of hydrogen-bond donors (Lipinski definition) is 0. The largest absolute Gasteiger partial charge is 0.372 e. The summed E-state index contributed by atoms with van der Waals surface area (Å²) in [5.74, 6) is -0.298. The Balaban J connectivity index is 2.34. The van der Waals surface area contributed by atoms with Crippen LogP contribution in [0.3, 0.4) is 0 Å². The SMILES string of the molecule is CC(=O)C(CC1=C2CC(C)[C@@H](OC(C)(C)C)C2CCC1=O)C(C)=O. The number of Topliss-reactive ketones (excluding diaryl/α,β-unsaturated/α-hetero) is 3. The van der Waals surface area contributed by atoms with Gasteiger partial charge in [-0.05, 0) is 65.4 Å². The van der Waals surface area contributed by atoms with Gasteiger partial charge >= 0.3 is 0 Å². The number of carbonyl (C=O) groups excluding carboxylic acids is 3. The van der Waals surface area contributed by atoms with Crippen LogP contribution in [0.4, 0.5) is 0 Å². The Morgan fingerprint density at radius 3 is 2.29 bits per heavy atom. The van der Waals surface area contributed by atoms with Gasteiger partial charge in [-0.3, -0.25) is 14.4 Å². The fraction of sp³-hybridized carbons (Fsp3) is 0.750. The molecule has 0 radical (unpaired) electrons. The van der Waals surface area contributed by atoms with E-state index in [1.54, 1.807) is 0 Å². The Labute approximate surface area is 145 Å². The van der Waals surface area contributed by atoms with Crippen molar-refractivity contribution < 1.29 is 19.1 Å². The van der Waals surface area contributed by atoms with Crippen molar-refractivity contribution in [3.63, 3.8) is 0 Å². The van der Waals surface area contributed by atoms with Gasteiger partial charge in [0.05, 0.1) is 17.6 Å². The minimum absolute atomic E-state index is 0.108. The lowest BCUT2D eigenvalue weighted by Crippen LogP contribution is -2.35. The van der Waals surface area contributed by atoms with E-state index >= 15 is 0 Å². The maximum atomic E-state index is 12.5. The first-order valence-electron chi connectivity index (χ1n) is 8.95. The molecule has 0 aromatic rings. The summed E-state index contributed by atoms with van der Waals surface area (Å²) < 4.78 is 6.28. The smallest absolute Gasteiger partial charge is 0.158 e. The summed E-state index contributed by atoms with van der Waals surface area (Å²) >= 11 is 0. The fourth-order valence-electron chi connectivity index (χ4n) is 4.14. The highest BCUT2D eigenvalue weighted by atomic mass is 16.5. The summed E-state index contributed by atoms with van der Waals surface area (Å²) in [6.45, 7) is 11.2. The molecule has 0 aliphatic heterocycles. The van der Waals surface area contributed by atoms with E-state index in [-0.39, 0.29) is 41.4 Å². The predicted molar refractivity (Wildman–Crippen MR) is 92.6 cm³/mol. The van der Waals surface area contributed by atoms with E-state index < -0.39 is 5.92 Å². The predicted octanol–water partition coefficient (Wildman–Crippen LogP) is 3.67. The van der Waals surface area contributed by atoms with Crippen molar-refractivity contribution in [3.8, 4) is 0 Å². The second-order valence-corrected chi connectivity index (χ2v) is 8.43. The molecular weight excluding hydrogens is 304 g/mol. The first kappa shape index (κ1) is 19.0. The molecule has 1 saturated carbocycles. The summed E-state index contributed by atoms with van der Waals surface area (Å²) in [5, 5.41) is 0. The normalized spacial score (nSPS) is 27.6. The lowest BCUT2D eigenvalue weighted by atomic mass is 9.78. The van der Waals surface area contributed by atoms with Crippen LogP contribution < -0.4 is 0 Å². The molecule has 3 atom stereocenters. The second kappa shape index (κ2) is 6.91. The zero-order chi connectivity index (χ0) is 18.2. The van der Waals surface area contributed by atoms with E-state index in [1.807, 2.05) is 0 Å². The number of rotatable bonds is 5. The van der Waals surface area contributed by atoms with Crippen LogP contribution in [0.25, 0.3) is 0 Å². The third-order valence-electron chi connectivity index (χ3n) is 5.23. The molecule has 4 heteroatoms. The van der Waals surface area contributed by atoms with Gasteiger partial charge in [0.15, 0.2) is 5.78 Å². The monoisotopic (exact) mass is 334 g/mol. The van der Waals surface area contributed by atoms with Crippen LogP contribution in [0, 0.1) is 17.8 Å². The zero-order valence-electron chi connectivity index (χ0n) is 15.8. The highest BCUT2D eigenvalue weighted by molar-refractivity contribution is 6.03. The van der Waals surface area contributed by atoms with Gasteiger partial charge in [0.1, 0.15) is 11.6 Å². The van der Waals surface area contributed by atoms with Crippen LogP contribution in [0.5, 0.6) is 0 Å². The molecule has 2 aliphatic rings. The van der Waals surface area contributed by atoms with Crippen LogP contribution in [0.1, 0.15) is 67.2 Å². The van der Waals surface area contributed by atoms with E-state index in [4.69, 9.17) is 4.74 Å². The molecule has 0 saturated heterocycles. The van der Waals surface area contributed by atoms with Crippen LogP contribution in [-0.4, -0.2) is 29.1 Å². The second-order valence-electron chi connectivity index (χ2n) is 8.43. The topological polar surface area (TPSA) is 60.4 Å². The van der Waals surface area contributed by atoms with E-state index in [9.17, 15) is 14.4 Å². The van der Waals surface area contributed by atoms with Gasteiger partial charge < -0.3 is 4.74 Å². The van der Waals surface area contributed by atoms with Crippen LogP contribution in [0.15, 0.2) is 11.1 Å². The van der Waals surface area contributed by atoms with Crippen molar-refractivity contribution in [1.82, 2.24) is 0 Å². The molecule has 0 aromatic carbocycles. The Morgan fingerprint density at radius 1 is 1.21 bits per heavy atom. The maximum Gasteiger partial charge on any atom is 0.158 e. The molecule has 2 unspecified atom stereocenters. The van der Waals surface area contributed by atoms with Crippen molar-refractivity contribution in [2.45, 2.75) is 78.9 Å². The fourth-order valence-corrected chi connectivity index (χ4v) is 4.14. The summed E-state index contributed by atoms with van der Waals surface area (Å²) in [6.07, 6.45) is 2.51. The lowest BCUT2D eigenvalue weighted by molar-refractivity contribution is -0.130. The summed E-state index contributed by atoms with van der Waals surface area (Å²) in [4.78, 5) is 36.1. The summed E-state index contributed by atoms with van der Waals surface area (Å²) in [7, 11) is 0. The van der Waals surface area contributed by atoms with Gasteiger partial charge in [-0.25, -0.2) is 0 Å². The highest BCUT2D eigenvalue weighted by Gasteiger charge is 2.44. The minimum Gasteiger partial charge on any atom is -0.372 e. The number of fused-ring (bicyclic) bond motifs is 1. The standard InChI is InChI=1S/C20H30O4/c1-11-9-16-14(19(11)24-20(4,5)6)7-8-18(23)17(16)10-15(12(2)21)13(3)22/h11,14-15,19H,7-10H2,1-6H3/t11?,14?,19-/m1/s1. The van der Waals surface area contributed by atoms with E-state index in [0.29, 0.717) is 12.3 Å². The third-order valence-corrected chi connectivity index (χ3v) is 5.23. The van der Waals surface area contributed by atoms with Crippen LogP contribution in [-0.2, 0) is 19.1 Å². The Kier molecular flexibility index (Phi) is 5.48. The van der Waals surface area contributed by atoms with Gasteiger partial charge in [-0.15, -0.1) is 0 Å². The number of ether oxygens (including phenoxy) is 1. The molecule has 2 aliphatic carbocycles. The highest BCUT2D eigenvalue weighted by Crippen LogP contribution is 2.47. The molecule has 0 bridgehead atoms. The minimum atomic E-state index is -0.687. The first-order valence-corrected chi connectivity index (χ1v) is 8.95. The van der Waals surface area contributed by atoms with Gasteiger partial charge in [-0.2, -0.15) is 0 Å². The number of carbonyl (C=O) groups is 3. The van der Waals surface area contributed by atoms with Crippen molar-refractivity contribution in [2.75, 3.05) is 0 Å². The van der Waals surface area contributed by atoms with Crippen molar-refractivity contribution in [1.29, 1.82) is 0 Å². The molecule has 0 amide bonds. The zero-order valence-corrected chi connectivity index (χ0v) is 15.8. The molecule has 0 N–H and O–H groups in total. The molecule has 1 fully saturated rings. The molecule has 134 valence electrons.